The second kappa shape index (κ2) is 5.97. The molecule has 0 saturated heterocycles. The molecule has 94 valence electrons. The maximum Gasteiger partial charge on any atom is 0.156 e. The zero-order valence-electron chi connectivity index (χ0n) is 11.3. The molecule has 0 fully saturated rings. The van der Waals surface area contributed by atoms with Gasteiger partial charge in [-0.2, -0.15) is 0 Å². The number of ketones is 1. The summed E-state index contributed by atoms with van der Waals surface area (Å²) in [6.45, 7) is 8.96. The zero-order chi connectivity index (χ0) is 12.9. The van der Waals surface area contributed by atoms with Gasteiger partial charge < -0.3 is 5.32 Å². The molecular weight excluding hydrogens is 210 g/mol. The first kappa shape index (κ1) is 13.9. The van der Waals surface area contributed by atoms with E-state index in [2.05, 4.69) is 25.2 Å². The minimum absolute atomic E-state index is 0.250. The van der Waals surface area contributed by atoms with Gasteiger partial charge >= 0.3 is 0 Å². The number of nitrogens with one attached hydrogen (secondary N) is 1. The average molecular weight is 233 g/mol. The predicted molar refractivity (Wildman–Crippen MR) is 72.3 cm³/mol. The highest BCUT2D eigenvalue weighted by Crippen LogP contribution is 2.13. The molecule has 0 heterocycles. The van der Waals surface area contributed by atoms with Crippen LogP contribution in [0.1, 0.15) is 38.3 Å². The van der Waals surface area contributed by atoms with Gasteiger partial charge in [0.25, 0.3) is 0 Å². The third-order valence-electron chi connectivity index (χ3n) is 3.13. The van der Waals surface area contributed by atoms with Crippen molar-refractivity contribution in [2.75, 3.05) is 6.54 Å². The fourth-order valence-electron chi connectivity index (χ4n) is 1.74. The van der Waals surface area contributed by atoms with Crippen molar-refractivity contribution in [1.29, 1.82) is 0 Å². The standard InChI is InChI=1S/C15H23NO/c1-5-10-16-15(3,4)14(17)11-13-9-7-6-8-12(13)2/h6-9,16H,5,10-11H2,1-4H3. The maximum absolute atomic E-state index is 12.2. The summed E-state index contributed by atoms with van der Waals surface area (Å²) >= 11 is 0. The van der Waals surface area contributed by atoms with Crippen molar-refractivity contribution in [2.45, 2.75) is 46.1 Å². The summed E-state index contributed by atoms with van der Waals surface area (Å²) in [6.07, 6.45) is 1.55. The Morgan fingerprint density at radius 2 is 1.94 bits per heavy atom. The van der Waals surface area contributed by atoms with Crippen molar-refractivity contribution in [1.82, 2.24) is 5.32 Å². The molecule has 0 aliphatic rings. The fourth-order valence-corrected chi connectivity index (χ4v) is 1.74. The molecule has 1 rings (SSSR count). The predicted octanol–water partition coefficient (Wildman–Crippen LogP) is 2.88. The van der Waals surface area contributed by atoms with Crippen molar-refractivity contribution < 1.29 is 4.79 Å². The van der Waals surface area contributed by atoms with Gasteiger partial charge in [0, 0.05) is 6.42 Å². The Morgan fingerprint density at radius 1 is 1.29 bits per heavy atom. The average Bonchev–Trinajstić information content (AvgIpc) is 2.29. The van der Waals surface area contributed by atoms with Crippen LogP contribution in [0.25, 0.3) is 0 Å². The number of benzene rings is 1. The Labute approximate surface area is 104 Å². The molecule has 0 aliphatic carbocycles. The van der Waals surface area contributed by atoms with Gasteiger partial charge in [-0.1, -0.05) is 31.2 Å². The van der Waals surface area contributed by atoms with Crippen molar-refractivity contribution >= 4 is 5.78 Å². The summed E-state index contributed by atoms with van der Waals surface area (Å²) in [7, 11) is 0. The highest BCUT2D eigenvalue weighted by molar-refractivity contribution is 5.89. The topological polar surface area (TPSA) is 29.1 Å². The summed E-state index contributed by atoms with van der Waals surface area (Å²) in [6, 6.07) is 8.07. The fraction of sp³-hybridized carbons (Fsp3) is 0.533. The molecule has 0 amide bonds. The van der Waals surface area contributed by atoms with Crippen LogP contribution in [0.4, 0.5) is 0 Å². The lowest BCUT2D eigenvalue weighted by Gasteiger charge is -2.25. The molecule has 2 nitrogen and oxygen atoms in total. The molecule has 17 heavy (non-hydrogen) atoms. The molecule has 0 aliphatic heterocycles. The molecule has 0 saturated carbocycles. The quantitative estimate of drug-likeness (QED) is 0.818. The molecule has 0 bridgehead atoms. The van der Waals surface area contributed by atoms with E-state index >= 15 is 0 Å². The van der Waals surface area contributed by atoms with E-state index in [0.717, 1.165) is 18.5 Å². The minimum atomic E-state index is -0.432. The Morgan fingerprint density at radius 3 is 2.53 bits per heavy atom. The van der Waals surface area contributed by atoms with Crippen LogP contribution in [0.2, 0.25) is 0 Å². The van der Waals surface area contributed by atoms with Crippen molar-refractivity contribution in [3.05, 3.63) is 35.4 Å². The zero-order valence-corrected chi connectivity index (χ0v) is 11.3. The van der Waals surface area contributed by atoms with E-state index in [1.165, 1.54) is 5.56 Å². The minimum Gasteiger partial charge on any atom is -0.305 e. The van der Waals surface area contributed by atoms with Gasteiger partial charge in [0.2, 0.25) is 0 Å². The Hall–Kier alpha value is -1.15. The number of hydrogen-bond donors (Lipinski definition) is 1. The SMILES string of the molecule is CCCNC(C)(C)C(=O)Cc1ccccc1C. The van der Waals surface area contributed by atoms with Crippen LogP contribution in [0.3, 0.4) is 0 Å². The Kier molecular flexibility index (Phi) is 4.88. The second-order valence-corrected chi connectivity index (χ2v) is 5.08. The molecule has 0 unspecified atom stereocenters. The summed E-state index contributed by atoms with van der Waals surface area (Å²) in [5, 5.41) is 3.30. The molecule has 0 aromatic heterocycles. The van der Waals surface area contributed by atoms with E-state index in [4.69, 9.17) is 0 Å². The smallest absolute Gasteiger partial charge is 0.156 e. The van der Waals surface area contributed by atoms with Crippen molar-refractivity contribution in [2.24, 2.45) is 0 Å². The van der Waals surface area contributed by atoms with Gasteiger partial charge in [0.1, 0.15) is 0 Å². The van der Waals surface area contributed by atoms with Gasteiger partial charge in [-0.05, 0) is 44.9 Å². The van der Waals surface area contributed by atoms with Crippen LogP contribution in [-0.4, -0.2) is 17.9 Å². The van der Waals surface area contributed by atoms with E-state index in [1.807, 2.05) is 32.0 Å². The van der Waals surface area contributed by atoms with Crippen LogP contribution < -0.4 is 5.32 Å². The lowest BCUT2D eigenvalue weighted by Crippen LogP contribution is -2.47. The molecule has 2 heteroatoms. The number of rotatable bonds is 6. The highest BCUT2D eigenvalue weighted by Gasteiger charge is 2.26. The summed E-state index contributed by atoms with van der Waals surface area (Å²) in [5.74, 6) is 0.250. The molecule has 1 aromatic carbocycles. The van der Waals surface area contributed by atoms with Gasteiger partial charge in [0.15, 0.2) is 5.78 Å². The lowest BCUT2D eigenvalue weighted by molar-refractivity contribution is -0.123. The number of carbonyl (C=O) groups excluding carboxylic acids is 1. The van der Waals surface area contributed by atoms with E-state index in [-0.39, 0.29) is 5.78 Å². The molecule has 1 aromatic rings. The molecule has 0 radical (unpaired) electrons. The molecule has 0 spiro atoms. The molecule has 0 atom stereocenters. The number of Topliss-reactive ketones (excluding diaryl/α,β-unsaturated/α-hetero) is 1. The van der Waals surface area contributed by atoms with Crippen LogP contribution in [0.5, 0.6) is 0 Å². The lowest BCUT2D eigenvalue weighted by atomic mass is 9.92. The Bertz CT molecular complexity index is 382. The van der Waals surface area contributed by atoms with E-state index in [1.54, 1.807) is 0 Å². The van der Waals surface area contributed by atoms with Crippen LogP contribution in [-0.2, 0) is 11.2 Å². The number of carbonyl (C=O) groups is 1. The van der Waals surface area contributed by atoms with Gasteiger partial charge in [-0.25, -0.2) is 0 Å². The van der Waals surface area contributed by atoms with Crippen LogP contribution in [0, 0.1) is 6.92 Å². The van der Waals surface area contributed by atoms with E-state index in [9.17, 15) is 4.79 Å². The van der Waals surface area contributed by atoms with Crippen LogP contribution in [0.15, 0.2) is 24.3 Å². The highest BCUT2D eigenvalue weighted by atomic mass is 16.1. The van der Waals surface area contributed by atoms with E-state index < -0.39 is 5.54 Å². The monoisotopic (exact) mass is 233 g/mol. The normalized spacial score (nSPS) is 11.5. The summed E-state index contributed by atoms with van der Waals surface area (Å²) < 4.78 is 0. The largest absolute Gasteiger partial charge is 0.305 e. The first-order chi connectivity index (χ1) is 7.97. The first-order valence-corrected chi connectivity index (χ1v) is 6.30. The van der Waals surface area contributed by atoms with Crippen molar-refractivity contribution in [3.8, 4) is 0 Å². The maximum atomic E-state index is 12.2. The third kappa shape index (κ3) is 3.97. The van der Waals surface area contributed by atoms with E-state index in [0.29, 0.717) is 6.42 Å². The van der Waals surface area contributed by atoms with Crippen LogP contribution >= 0.6 is 0 Å². The Balaban J connectivity index is 2.69. The summed E-state index contributed by atoms with van der Waals surface area (Å²) in [4.78, 5) is 12.2. The molecular formula is C15H23NO. The second-order valence-electron chi connectivity index (χ2n) is 5.08. The van der Waals surface area contributed by atoms with Gasteiger partial charge in [-0.3, -0.25) is 4.79 Å². The van der Waals surface area contributed by atoms with Gasteiger partial charge in [-0.15, -0.1) is 0 Å². The first-order valence-electron chi connectivity index (χ1n) is 6.30. The summed E-state index contributed by atoms with van der Waals surface area (Å²) in [5.41, 5.74) is 1.88. The number of aryl methyl sites for hydroxylation is 1. The molecule has 1 N–H and O–H groups in total. The number of hydrogen-bond acceptors (Lipinski definition) is 2. The third-order valence-corrected chi connectivity index (χ3v) is 3.13. The van der Waals surface area contributed by atoms with Gasteiger partial charge in [0.05, 0.1) is 5.54 Å². The van der Waals surface area contributed by atoms with Crippen molar-refractivity contribution in [3.63, 3.8) is 0 Å².